The van der Waals surface area contributed by atoms with Crippen molar-refractivity contribution in [1.82, 2.24) is 0 Å². The van der Waals surface area contributed by atoms with Gasteiger partial charge in [-0.3, -0.25) is 4.79 Å². The van der Waals surface area contributed by atoms with E-state index in [1.807, 2.05) is 19.9 Å². The van der Waals surface area contributed by atoms with Crippen LogP contribution in [0, 0.1) is 31.3 Å². The number of nitrogens with one attached hydrogen (secondary N) is 1. The molecule has 5 heteroatoms. The molecule has 1 N–H and O–H groups in total. The van der Waals surface area contributed by atoms with E-state index in [0.717, 1.165) is 11.1 Å². The molecule has 0 aliphatic heterocycles. The van der Waals surface area contributed by atoms with Crippen molar-refractivity contribution >= 4 is 11.6 Å². The van der Waals surface area contributed by atoms with Crippen molar-refractivity contribution in [2.24, 2.45) is 0 Å². The van der Waals surface area contributed by atoms with Crippen molar-refractivity contribution in [3.8, 4) is 0 Å². The summed E-state index contributed by atoms with van der Waals surface area (Å²) in [5.41, 5.74) is 2.12. The Hall–Kier alpha value is -2.30. The highest BCUT2D eigenvalue weighted by atomic mass is 19.2. The van der Waals surface area contributed by atoms with E-state index in [1.54, 1.807) is 12.1 Å². The molecule has 1 amide bonds. The summed E-state index contributed by atoms with van der Waals surface area (Å²) in [5.74, 6) is -5.08. The summed E-state index contributed by atoms with van der Waals surface area (Å²) in [6.45, 7) is 3.72. The normalized spacial score (nSPS) is 10.4. The Morgan fingerprint density at radius 1 is 0.900 bits per heavy atom. The number of amides is 1. The van der Waals surface area contributed by atoms with Gasteiger partial charge in [0.25, 0.3) is 5.91 Å². The Morgan fingerprint density at radius 3 is 1.90 bits per heavy atom. The van der Waals surface area contributed by atoms with Crippen LogP contribution in [0.1, 0.15) is 21.5 Å². The number of aryl methyl sites for hydroxylation is 2. The molecule has 0 bridgehead atoms. The Bertz CT molecular complexity index is 640. The average Bonchev–Trinajstić information content (AvgIpc) is 2.33. The third-order valence-corrected chi connectivity index (χ3v) is 2.73. The first-order valence-corrected chi connectivity index (χ1v) is 5.91. The molecule has 2 aromatic rings. The first kappa shape index (κ1) is 14.1. The Balaban J connectivity index is 2.28. The van der Waals surface area contributed by atoms with Crippen molar-refractivity contribution in [2.45, 2.75) is 13.8 Å². The summed E-state index contributed by atoms with van der Waals surface area (Å²) >= 11 is 0. The van der Waals surface area contributed by atoms with Gasteiger partial charge in [-0.2, -0.15) is 0 Å². The van der Waals surface area contributed by atoms with E-state index in [4.69, 9.17) is 0 Å². The van der Waals surface area contributed by atoms with Gasteiger partial charge < -0.3 is 5.32 Å². The van der Waals surface area contributed by atoms with Crippen LogP contribution >= 0.6 is 0 Å². The quantitative estimate of drug-likeness (QED) is 0.828. The number of anilines is 1. The highest BCUT2D eigenvalue weighted by Crippen LogP contribution is 2.17. The van der Waals surface area contributed by atoms with Crippen LogP contribution in [0.4, 0.5) is 18.9 Å². The van der Waals surface area contributed by atoms with Gasteiger partial charge in [-0.1, -0.05) is 6.07 Å². The van der Waals surface area contributed by atoms with Crippen LogP contribution < -0.4 is 5.32 Å². The van der Waals surface area contributed by atoms with E-state index >= 15 is 0 Å². The monoisotopic (exact) mass is 279 g/mol. The minimum atomic E-state index is -1.59. The van der Waals surface area contributed by atoms with Gasteiger partial charge in [-0.15, -0.1) is 0 Å². The molecule has 0 unspecified atom stereocenters. The number of carbonyl (C=O) groups excluding carboxylic acids is 1. The van der Waals surface area contributed by atoms with Gasteiger partial charge in [-0.25, -0.2) is 13.2 Å². The highest BCUT2D eigenvalue weighted by molar-refractivity contribution is 6.04. The van der Waals surface area contributed by atoms with Gasteiger partial charge in [0.1, 0.15) is 0 Å². The molecule has 2 aromatic carbocycles. The van der Waals surface area contributed by atoms with Crippen molar-refractivity contribution in [2.75, 3.05) is 5.32 Å². The molecule has 0 atom stereocenters. The zero-order valence-electron chi connectivity index (χ0n) is 10.9. The number of carbonyl (C=O) groups is 1. The summed E-state index contributed by atoms with van der Waals surface area (Å²) in [5, 5.41) is 2.52. The highest BCUT2D eigenvalue weighted by Gasteiger charge is 2.15. The Kier molecular flexibility index (Phi) is 3.79. The van der Waals surface area contributed by atoms with Crippen molar-refractivity contribution in [3.63, 3.8) is 0 Å². The molecule has 0 saturated carbocycles. The maximum absolute atomic E-state index is 13.1. The van der Waals surface area contributed by atoms with E-state index in [0.29, 0.717) is 17.8 Å². The fraction of sp³-hybridized carbons (Fsp3) is 0.133. The Labute approximate surface area is 114 Å². The van der Waals surface area contributed by atoms with Crippen LogP contribution in [0.15, 0.2) is 30.3 Å². The summed E-state index contributed by atoms with van der Waals surface area (Å²) < 4.78 is 39.0. The zero-order valence-corrected chi connectivity index (χ0v) is 10.9. The van der Waals surface area contributed by atoms with Crippen LogP contribution in [-0.2, 0) is 0 Å². The SMILES string of the molecule is Cc1cc(C)cc(NC(=O)c2cc(F)c(F)c(F)c2)c1. The number of hydrogen-bond donors (Lipinski definition) is 1. The molecule has 0 heterocycles. The topological polar surface area (TPSA) is 29.1 Å². The lowest BCUT2D eigenvalue weighted by molar-refractivity contribution is 0.102. The van der Waals surface area contributed by atoms with Gasteiger partial charge in [0.05, 0.1) is 0 Å². The average molecular weight is 279 g/mol. The first-order chi connectivity index (χ1) is 9.36. The third kappa shape index (κ3) is 2.99. The number of halogens is 3. The lowest BCUT2D eigenvalue weighted by Gasteiger charge is -2.08. The van der Waals surface area contributed by atoms with Crippen LogP contribution in [0.3, 0.4) is 0 Å². The molecule has 0 aromatic heterocycles. The molecule has 0 fully saturated rings. The molecule has 104 valence electrons. The smallest absolute Gasteiger partial charge is 0.255 e. The van der Waals surface area contributed by atoms with Crippen LogP contribution in [-0.4, -0.2) is 5.91 Å². The summed E-state index contributed by atoms with van der Waals surface area (Å²) in [7, 11) is 0. The van der Waals surface area contributed by atoms with E-state index in [-0.39, 0.29) is 5.56 Å². The second-order valence-corrected chi connectivity index (χ2v) is 4.58. The van der Waals surface area contributed by atoms with Gasteiger partial charge in [-0.05, 0) is 49.2 Å². The summed E-state index contributed by atoms with van der Waals surface area (Å²) in [6.07, 6.45) is 0. The van der Waals surface area contributed by atoms with Crippen LogP contribution in [0.2, 0.25) is 0 Å². The molecular formula is C15H12F3NO. The lowest BCUT2D eigenvalue weighted by Crippen LogP contribution is -2.13. The van der Waals surface area contributed by atoms with Crippen molar-refractivity contribution in [1.29, 1.82) is 0 Å². The van der Waals surface area contributed by atoms with E-state index in [9.17, 15) is 18.0 Å². The molecule has 0 spiro atoms. The third-order valence-electron chi connectivity index (χ3n) is 2.73. The van der Waals surface area contributed by atoms with Crippen molar-refractivity contribution < 1.29 is 18.0 Å². The lowest BCUT2D eigenvalue weighted by atomic mass is 10.1. The maximum atomic E-state index is 13.1. The fourth-order valence-electron chi connectivity index (χ4n) is 1.94. The number of rotatable bonds is 2. The zero-order chi connectivity index (χ0) is 14.9. The molecule has 20 heavy (non-hydrogen) atoms. The Morgan fingerprint density at radius 2 is 1.40 bits per heavy atom. The molecule has 0 aliphatic carbocycles. The second kappa shape index (κ2) is 5.36. The van der Waals surface area contributed by atoms with Gasteiger partial charge in [0.15, 0.2) is 17.5 Å². The number of hydrogen-bond acceptors (Lipinski definition) is 1. The van der Waals surface area contributed by atoms with Crippen LogP contribution in [0.25, 0.3) is 0 Å². The first-order valence-electron chi connectivity index (χ1n) is 5.91. The molecule has 0 radical (unpaired) electrons. The predicted molar refractivity (Wildman–Crippen MR) is 70.2 cm³/mol. The van der Waals surface area contributed by atoms with Gasteiger partial charge in [0.2, 0.25) is 0 Å². The van der Waals surface area contributed by atoms with Crippen LogP contribution in [0.5, 0.6) is 0 Å². The minimum Gasteiger partial charge on any atom is -0.322 e. The molecule has 0 saturated heterocycles. The minimum absolute atomic E-state index is 0.277. The maximum Gasteiger partial charge on any atom is 0.255 e. The number of benzene rings is 2. The fourth-order valence-corrected chi connectivity index (χ4v) is 1.94. The summed E-state index contributed by atoms with van der Waals surface area (Å²) in [4.78, 5) is 11.9. The van der Waals surface area contributed by atoms with E-state index in [2.05, 4.69) is 5.32 Å². The van der Waals surface area contributed by atoms with E-state index < -0.39 is 23.4 Å². The van der Waals surface area contributed by atoms with Gasteiger partial charge in [0, 0.05) is 11.3 Å². The van der Waals surface area contributed by atoms with Gasteiger partial charge >= 0.3 is 0 Å². The standard InChI is InChI=1S/C15H12F3NO/c1-8-3-9(2)5-11(4-8)19-15(20)10-6-12(16)14(18)13(17)7-10/h3-7H,1-2H3,(H,19,20). The van der Waals surface area contributed by atoms with E-state index in [1.165, 1.54) is 0 Å². The molecular weight excluding hydrogens is 267 g/mol. The molecule has 2 rings (SSSR count). The largest absolute Gasteiger partial charge is 0.322 e. The predicted octanol–water partition coefficient (Wildman–Crippen LogP) is 3.97. The second-order valence-electron chi connectivity index (χ2n) is 4.58. The molecule has 2 nitrogen and oxygen atoms in total. The summed E-state index contributed by atoms with van der Waals surface area (Å²) in [6, 6.07) is 6.70. The molecule has 0 aliphatic rings. The van der Waals surface area contributed by atoms with Crippen molar-refractivity contribution in [3.05, 3.63) is 64.5 Å².